The molecular weight excluding hydrogens is 406 g/mol. The van der Waals surface area contributed by atoms with Gasteiger partial charge < -0.3 is 4.74 Å². The molecule has 7 heteroatoms. The van der Waals surface area contributed by atoms with Gasteiger partial charge in [0.25, 0.3) is 0 Å². The summed E-state index contributed by atoms with van der Waals surface area (Å²) in [5.74, 6) is -0.379. The molecule has 25 heavy (non-hydrogen) atoms. The number of ether oxygens (including phenoxy) is 1. The standard InChI is InChI=1S/C18H16BrNO4S/c19-15-8-3-4-9-16(15)25(22,23)20-11-5-10-18(12-20)14-7-2-1-6-13(14)17(21)24-18/h1-4,6-9H,5,10-12H2. The van der Waals surface area contributed by atoms with Gasteiger partial charge >= 0.3 is 5.97 Å². The van der Waals surface area contributed by atoms with Gasteiger partial charge in [-0.2, -0.15) is 4.31 Å². The van der Waals surface area contributed by atoms with Crippen LogP contribution in [0.3, 0.4) is 0 Å². The van der Waals surface area contributed by atoms with Crippen LogP contribution < -0.4 is 0 Å². The number of sulfonamides is 1. The first-order chi connectivity index (χ1) is 11.9. The molecule has 1 unspecified atom stereocenters. The number of halogens is 1. The Hall–Kier alpha value is -1.70. The minimum Gasteiger partial charge on any atom is -0.449 e. The summed E-state index contributed by atoms with van der Waals surface area (Å²) in [6.45, 7) is 0.546. The third kappa shape index (κ3) is 2.61. The van der Waals surface area contributed by atoms with Crippen molar-refractivity contribution >= 4 is 31.9 Å². The molecule has 0 N–H and O–H groups in total. The van der Waals surface area contributed by atoms with Crippen molar-refractivity contribution in [2.45, 2.75) is 23.3 Å². The van der Waals surface area contributed by atoms with E-state index in [9.17, 15) is 13.2 Å². The minimum atomic E-state index is -3.68. The van der Waals surface area contributed by atoms with E-state index < -0.39 is 15.6 Å². The van der Waals surface area contributed by atoms with E-state index in [1.54, 1.807) is 36.4 Å². The molecular formula is C18H16BrNO4S. The van der Waals surface area contributed by atoms with E-state index in [0.29, 0.717) is 29.4 Å². The highest BCUT2D eigenvalue weighted by molar-refractivity contribution is 9.10. The van der Waals surface area contributed by atoms with Gasteiger partial charge in [-0.05, 0) is 47.0 Å². The summed E-state index contributed by atoms with van der Waals surface area (Å²) >= 11 is 3.32. The second kappa shape index (κ2) is 5.93. The molecule has 0 aromatic heterocycles. The highest BCUT2D eigenvalue weighted by atomic mass is 79.9. The molecule has 0 radical (unpaired) electrons. The van der Waals surface area contributed by atoms with E-state index in [1.165, 1.54) is 4.31 Å². The first kappa shape index (κ1) is 16.8. The number of carbonyl (C=O) groups excluding carboxylic acids is 1. The SMILES string of the molecule is O=C1OC2(CCCN(S(=O)(=O)c3ccccc3Br)C2)c2ccccc21. The maximum absolute atomic E-state index is 13.1. The van der Waals surface area contributed by atoms with E-state index in [1.807, 2.05) is 12.1 Å². The maximum Gasteiger partial charge on any atom is 0.339 e. The smallest absolute Gasteiger partial charge is 0.339 e. The van der Waals surface area contributed by atoms with Gasteiger partial charge in [0.1, 0.15) is 0 Å². The monoisotopic (exact) mass is 421 g/mol. The van der Waals surface area contributed by atoms with Crippen LogP contribution in [-0.2, 0) is 20.4 Å². The highest BCUT2D eigenvalue weighted by Crippen LogP contribution is 2.44. The number of carbonyl (C=O) groups is 1. The quantitative estimate of drug-likeness (QED) is 0.697. The Balaban J connectivity index is 1.74. The lowest BCUT2D eigenvalue weighted by atomic mass is 9.86. The largest absolute Gasteiger partial charge is 0.449 e. The lowest BCUT2D eigenvalue weighted by Gasteiger charge is -2.38. The molecule has 4 rings (SSSR count). The normalized spacial score (nSPS) is 23.5. The number of rotatable bonds is 2. The van der Waals surface area contributed by atoms with Crippen molar-refractivity contribution in [2.24, 2.45) is 0 Å². The van der Waals surface area contributed by atoms with Crippen LogP contribution >= 0.6 is 15.9 Å². The van der Waals surface area contributed by atoms with Crippen LogP contribution in [0, 0.1) is 0 Å². The molecule has 2 aromatic carbocycles. The number of fused-ring (bicyclic) bond motifs is 2. The Bertz CT molecular complexity index is 959. The molecule has 2 aliphatic heterocycles. The fourth-order valence-corrected chi connectivity index (χ4v) is 6.12. The first-order valence-corrected chi connectivity index (χ1v) is 10.2. The lowest BCUT2D eigenvalue weighted by Crippen LogP contribution is -2.48. The average molecular weight is 422 g/mol. The number of hydrogen-bond acceptors (Lipinski definition) is 4. The fraction of sp³-hybridized carbons (Fsp3) is 0.278. The molecule has 1 fully saturated rings. The van der Waals surface area contributed by atoms with Gasteiger partial charge in [-0.3, -0.25) is 0 Å². The van der Waals surface area contributed by atoms with E-state index in [2.05, 4.69) is 15.9 Å². The molecule has 0 amide bonds. The third-order valence-electron chi connectivity index (χ3n) is 4.80. The second-order valence-corrected chi connectivity index (χ2v) is 9.06. The predicted octanol–water partition coefficient (Wildman–Crippen LogP) is 3.30. The van der Waals surface area contributed by atoms with Gasteiger partial charge in [-0.1, -0.05) is 30.3 Å². The van der Waals surface area contributed by atoms with Crippen LogP contribution in [0.25, 0.3) is 0 Å². The van der Waals surface area contributed by atoms with Crippen LogP contribution in [0.1, 0.15) is 28.8 Å². The predicted molar refractivity (Wildman–Crippen MR) is 95.7 cm³/mol. The van der Waals surface area contributed by atoms with E-state index in [4.69, 9.17) is 4.74 Å². The molecule has 1 saturated heterocycles. The summed E-state index contributed by atoms with van der Waals surface area (Å²) in [7, 11) is -3.68. The van der Waals surface area contributed by atoms with Gasteiger partial charge in [0.2, 0.25) is 10.0 Å². The number of piperidine rings is 1. The molecule has 2 aromatic rings. The zero-order valence-corrected chi connectivity index (χ0v) is 15.7. The minimum absolute atomic E-state index is 0.138. The first-order valence-electron chi connectivity index (χ1n) is 8.02. The van der Waals surface area contributed by atoms with E-state index in [0.717, 1.165) is 5.56 Å². The molecule has 130 valence electrons. The second-order valence-electron chi connectivity index (χ2n) is 6.30. The topological polar surface area (TPSA) is 63.7 Å². The molecule has 1 spiro atoms. The average Bonchev–Trinajstić information content (AvgIpc) is 2.87. The van der Waals surface area contributed by atoms with Crippen LogP contribution in [-0.4, -0.2) is 31.8 Å². The molecule has 5 nitrogen and oxygen atoms in total. The molecule has 0 aliphatic carbocycles. The van der Waals surface area contributed by atoms with Crippen molar-refractivity contribution in [1.82, 2.24) is 4.31 Å². The van der Waals surface area contributed by atoms with E-state index in [-0.39, 0.29) is 17.4 Å². The summed E-state index contributed by atoms with van der Waals surface area (Å²) in [5.41, 5.74) is 0.426. The van der Waals surface area contributed by atoms with Gasteiger partial charge in [0.05, 0.1) is 17.0 Å². The zero-order chi connectivity index (χ0) is 17.7. The molecule has 0 bridgehead atoms. The Kier molecular flexibility index (Phi) is 3.97. The maximum atomic E-state index is 13.1. The summed E-state index contributed by atoms with van der Waals surface area (Å²) in [6, 6.07) is 14.0. The Morgan fingerprint density at radius 1 is 1.08 bits per heavy atom. The van der Waals surface area contributed by atoms with Crippen LogP contribution in [0.4, 0.5) is 0 Å². The summed E-state index contributed by atoms with van der Waals surface area (Å²) < 4.78 is 33.8. The Labute approximate surface area is 154 Å². The van der Waals surface area contributed by atoms with Crippen molar-refractivity contribution in [3.8, 4) is 0 Å². The van der Waals surface area contributed by atoms with Crippen molar-refractivity contribution in [3.63, 3.8) is 0 Å². The number of hydrogen-bond donors (Lipinski definition) is 0. The number of nitrogens with zero attached hydrogens (tertiary/aromatic N) is 1. The van der Waals surface area contributed by atoms with Crippen molar-refractivity contribution < 1.29 is 17.9 Å². The van der Waals surface area contributed by atoms with Gasteiger partial charge in [0.15, 0.2) is 5.60 Å². The molecule has 2 aliphatic rings. The Morgan fingerprint density at radius 2 is 1.80 bits per heavy atom. The van der Waals surface area contributed by atoms with Crippen molar-refractivity contribution in [1.29, 1.82) is 0 Å². The number of esters is 1. The van der Waals surface area contributed by atoms with Crippen LogP contribution in [0.15, 0.2) is 57.9 Å². The zero-order valence-electron chi connectivity index (χ0n) is 13.3. The van der Waals surface area contributed by atoms with Crippen molar-refractivity contribution in [2.75, 3.05) is 13.1 Å². The molecule has 2 heterocycles. The molecule has 0 saturated carbocycles. The third-order valence-corrected chi connectivity index (χ3v) is 7.66. The fourth-order valence-electron chi connectivity index (χ4n) is 3.63. The summed E-state index contributed by atoms with van der Waals surface area (Å²) in [6.07, 6.45) is 1.25. The highest BCUT2D eigenvalue weighted by Gasteiger charge is 2.50. The van der Waals surface area contributed by atoms with Gasteiger partial charge in [0, 0.05) is 16.6 Å². The van der Waals surface area contributed by atoms with Crippen LogP contribution in [0.2, 0.25) is 0 Å². The van der Waals surface area contributed by atoms with Crippen LogP contribution in [0.5, 0.6) is 0 Å². The lowest BCUT2D eigenvalue weighted by molar-refractivity contribution is -0.0345. The number of benzene rings is 2. The van der Waals surface area contributed by atoms with E-state index >= 15 is 0 Å². The van der Waals surface area contributed by atoms with Gasteiger partial charge in [-0.25, -0.2) is 13.2 Å². The summed E-state index contributed by atoms with van der Waals surface area (Å²) in [4.78, 5) is 12.4. The molecule has 1 atom stereocenters. The van der Waals surface area contributed by atoms with Gasteiger partial charge in [-0.15, -0.1) is 0 Å². The summed E-state index contributed by atoms with van der Waals surface area (Å²) in [5, 5.41) is 0. The van der Waals surface area contributed by atoms with Crippen molar-refractivity contribution in [3.05, 3.63) is 64.1 Å². The Morgan fingerprint density at radius 3 is 2.60 bits per heavy atom.